The molecule has 1 aliphatic rings. The van der Waals surface area contributed by atoms with Gasteiger partial charge in [0, 0.05) is 29.9 Å². The number of nitro benzene ring substituents is 1. The smallest absolute Gasteiger partial charge is 0.269 e. The van der Waals surface area contributed by atoms with Crippen LogP contribution in [0.1, 0.15) is 25.3 Å². The van der Waals surface area contributed by atoms with Crippen molar-refractivity contribution in [1.82, 2.24) is 0 Å². The van der Waals surface area contributed by atoms with Crippen molar-refractivity contribution in [2.75, 3.05) is 11.4 Å². The average molecular weight is 350 g/mol. The molecule has 0 fully saturated rings. The Hall–Kier alpha value is -3.45. The van der Waals surface area contributed by atoms with Gasteiger partial charge in [0.25, 0.3) is 5.69 Å². The van der Waals surface area contributed by atoms with Crippen LogP contribution in [-0.4, -0.2) is 17.4 Å². The number of fused-ring (bicyclic) bond motifs is 1. The predicted octanol–water partition coefficient (Wildman–Crippen LogP) is 3.38. The number of non-ortho nitro benzene ring substituents is 1. The summed E-state index contributed by atoms with van der Waals surface area (Å²) in [5.41, 5.74) is -2.75. The molecule has 0 aromatic heterocycles. The highest BCUT2D eigenvalue weighted by Gasteiger charge is 2.63. The second-order valence-corrected chi connectivity index (χ2v) is 6.03. The van der Waals surface area contributed by atoms with Crippen LogP contribution in [0.15, 0.2) is 43.5 Å². The molecule has 0 radical (unpaired) electrons. The monoisotopic (exact) mass is 350 g/mol. The zero-order valence-electron chi connectivity index (χ0n) is 14.4. The Morgan fingerprint density at radius 3 is 2.46 bits per heavy atom. The highest BCUT2D eigenvalue weighted by Crippen LogP contribution is 2.56. The highest BCUT2D eigenvalue weighted by atomic mass is 16.6. The first-order valence-electron chi connectivity index (χ1n) is 8.04. The molecule has 1 heterocycles. The number of hydrogen-bond acceptors (Lipinski definition) is 5. The quantitative estimate of drug-likeness (QED) is 0.425. The van der Waals surface area contributed by atoms with Gasteiger partial charge in [-0.3, -0.25) is 14.9 Å². The molecule has 7 nitrogen and oxygen atoms in total. The van der Waals surface area contributed by atoms with Gasteiger partial charge in [-0.05, 0) is 25.8 Å². The van der Waals surface area contributed by atoms with Crippen molar-refractivity contribution < 1.29 is 9.72 Å². The summed E-state index contributed by atoms with van der Waals surface area (Å²) in [4.78, 5) is 25.5. The van der Waals surface area contributed by atoms with Crippen molar-refractivity contribution in [2.24, 2.45) is 5.41 Å². The lowest BCUT2D eigenvalue weighted by atomic mass is 9.58. The summed E-state index contributed by atoms with van der Waals surface area (Å²) in [7, 11) is 0. The van der Waals surface area contributed by atoms with Gasteiger partial charge < -0.3 is 4.90 Å². The molecule has 26 heavy (non-hydrogen) atoms. The zero-order chi connectivity index (χ0) is 19.5. The van der Waals surface area contributed by atoms with Crippen LogP contribution in [0.3, 0.4) is 0 Å². The van der Waals surface area contributed by atoms with Gasteiger partial charge in [0.2, 0.25) is 5.91 Å². The third kappa shape index (κ3) is 2.29. The number of rotatable bonds is 7. The van der Waals surface area contributed by atoms with E-state index in [0.29, 0.717) is 17.8 Å². The summed E-state index contributed by atoms with van der Waals surface area (Å²) in [5, 5.41) is 31.0. The normalized spacial score (nSPS) is 18.6. The van der Waals surface area contributed by atoms with Gasteiger partial charge in [0.05, 0.1) is 17.1 Å². The summed E-state index contributed by atoms with van der Waals surface area (Å²) in [6.45, 7) is 9.36. The molecule has 0 bridgehead atoms. The lowest BCUT2D eigenvalue weighted by Crippen LogP contribution is -2.51. The van der Waals surface area contributed by atoms with Gasteiger partial charge in [0.1, 0.15) is 5.41 Å². The molecule has 1 amide bonds. The van der Waals surface area contributed by atoms with Gasteiger partial charge in [-0.1, -0.05) is 12.2 Å². The molecule has 1 aromatic carbocycles. The molecule has 1 unspecified atom stereocenters. The molecular weight excluding hydrogens is 332 g/mol. The number of benzene rings is 1. The van der Waals surface area contributed by atoms with Gasteiger partial charge in [0.15, 0.2) is 5.41 Å². The summed E-state index contributed by atoms with van der Waals surface area (Å²) >= 11 is 0. The number of allylic oxidation sites excluding steroid dienone is 2. The standard InChI is InChI=1S/C19H18N4O3/c1-4-9-18(12-20,13-21)19(10-5-2)15-11-14(23(25)26)7-8-16(15)22(6-3)17(19)24/h4-5,7-8,11H,1-2,6,9-10H2,3H3. The Bertz CT molecular complexity index is 864. The van der Waals surface area contributed by atoms with E-state index in [1.807, 2.05) is 12.1 Å². The van der Waals surface area contributed by atoms with E-state index in [9.17, 15) is 25.4 Å². The molecule has 0 aliphatic carbocycles. The van der Waals surface area contributed by atoms with Gasteiger partial charge in [-0.15, -0.1) is 13.2 Å². The minimum absolute atomic E-state index is 0.00542. The van der Waals surface area contributed by atoms with E-state index >= 15 is 0 Å². The van der Waals surface area contributed by atoms with Gasteiger partial charge >= 0.3 is 0 Å². The number of nitrogens with zero attached hydrogens (tertiary/aromatic N) is 4. The van der Waals surface area contributed by atoms with Crippen LogP contribution in [0.2, 0.25) is 0 Å². The lowest BCUT2D eigenvalue weighted by molar-refractivity contribution is -0.384. The largest absolute Gasteiger partial charge is 0.312 e. The lowest BCUT2D eigenvalue weighted by Gasteiger charge is -2.37. The van der Waals surface area contributed by atoms with Crippen molar-refractivity contribution >= 4 is 17.3 Å². The fourth-order valence-corrected chi connectivity index (χ4v) is 3.68. The molecule has 0 saturated carbocycles. The third-order valence-corrected chi connectivity index (χ3v) is 4.88. The number of likely N-dealkylation sites (N-methyl/N-ethyl adjacent to an activating group) is 1. The maximum atomic E-state index is 13.4. The number of anilines is 1. The first-order chi connectivity index (χ1) is 12.4. The number of nitro groups is 1. The van der Waals surface area contributed by atoms with Gasteiger partial charge in [-0.25, -0.2) is 0 Å². The minimum atomic E-state index is -1.76. The van der Waals surface area contributed by atoms with E-state index in [1.54, 1.807) is 6.92 Å². The Morgan fingerprint density at radius 2 is 2.00 bits per heavy atom. The van der Waals surface area contributed by atoms with E-state index in [0.717, 1.165) is 0 Å². The second kappa shape index (κ2) is 6.81. The molecule has 132 valence electrons. The van der Waals surface area contributed by atoms with Crippen LogP contribution >= 0.6 is 0 Å². The number of carbonyl (C=O) groups excluding carboxylic acids is 1. The van der Waals surface area contributed by atoms with Crippen LogP contribution in [-0.2, 0) is 10.2 Å². The molecule has 2 rings (SSSR count). The van der Waals surface area contributed by atoms with Crippen LogP contribution in [0.25, 0.3) is 0 Å². The highest BCUT2D eigenvalue weighted by molar-refractivity contribution is 6.10. The molecule has 0 N–H and O–H groups in total. The predicted molar refractivity (Wildman–Crippen MR) is 96.1 cm³/mol. The first kappa shape index (κ1) is 18.9. The summed E-state index contributed by atoms with van der Waals surface area (Å²) in [5.74, 6) is -0.430. The molecule has 1 aliphatic heterocycles. The summed E-state index contributed by atoms with van der Waals surface area (Å²) in [6.07, 6.45) is 2.83. The number of amides is 1. The Kier molecular flexibility index (Phi) is 4.95. The van der Waals surface area contributed by atoms with Crippen molar-refractivity contribution in [3.63, 3.8) is 0 Å². The summed E-state index contributed by atoms with van der Waals surface area (Å²) in [6, 6.07) is 8.10. The first-order valence-corrected chi connectivity index (χ1v) is 8.04. The molecule has 1 aromatic rings. The molecule has 0 spiro atoms. The number of nitriles is 2. The Labute approximate surface area is 151 Å². The van der Waals surface area contributed by atoms with Crippen LogP contribution in [0.4, 0.5) is 11.4 Å². The molecule has 0 saturated heterocycles. The zero-order valence-corrected chi connectivity index (χ0v) is 14.4. The van der Waals surface area contributed by atoms with Gasteiger partial charge in [-0.2, -0.15) is 10.5 Å². The molecule has 1 atom stereocenters. The van der Waals surface area contributed by atoms with Crippen molar-refractivity contribution in [3.8, 4) is 12.1 Å². The fraction of sp³-hybridized carbons (Fsp3) is 0.316. The van der Waals surface area contributed by atoms with Crippen LogP contribution in [0, 0.1) is 38.2 Å². The van der Waals surface area contributed by atoms with Crippen molar-refractivity contribution in [3.05, 3.63) is 59.2 Å². The molecule has 7 heteroatoms. The maximum Gasteiger partial charge on any atom is 0.269 e. The van der Waals surface area contributed by atoms with Crippen LogP contribution in [0.5, 0.6) is 0 Å². The van der Waals surface area contributed by atoms with Crippen LogP contribution < -0.4 is 4.90 Å². The maximum absolute atomic E-state index is 13.4. The third-order valence-electron chi connectivity index (χ3n) is 4.88. The molecular formula is C19H18N4O3. The number of hydrogen-bond donors (Lipinski definition) is 0. The minimum Gasteiger partial charge on any atom is -0.312 e. The Morgan fingerprint density at radius 1 is 1.35 bits per heavy atom. The number of carbonyl (C=O) groups is 1. The van der Waals surface area contributed by atoms with E-state index in [2.05, 4.69) is 13.2 Å². The average Bonchev–Trinajstić information content (AvgIpc) is 2.88. The fourth-order valence-electron chi connectivity index (χ4n) is 3.68. The van der Waals surface area contributed by atoms with E-state index in [1.165, 1.54) is 35.3 Å². The second-order valence-electron chi connectivity index (χ2n) is 6.03. The summed E-state index contributed by atoms with van der Waals surface area (Å²) < 4.78 is 0. The topological polar surface area (TPSA) is 111 Å². The SMILES string of the molecule is C=CCC(C#N)(C#N)C1(CC=C)C(=O)N(CC)c2ccc([N+](=O)[O-])cc21. The van der Waals surface area contributed by atoms with E-state index in [4.69, 9.17) is 0 Å². The van der Waals surface area contributed by atoms with Crippen molar-refractivity contribution in [2.45, 2.75) is 25.2 Å². The van der Waals surface area contributed by atoms with E-state index < -0.39 is 21.7 Å². The van der Waals surface area contributed by atoms with Crippen molar-refractivity contribution in [1.29, 1.82) is 10.5 Å². The Balaban J connectivity index is 2.97. The van der Waals surface area contributed by atoms with E-state index in [-0.39, 0.29) is 18.5 Å².